The number of hydrogen-bond acceptors (Lipinski definition) is 9. The first-order chi connectivity index (χ1) is 10.7. The number of aliphatic hydroxyl groups is 1. The molecule has 22 heavy (non-hydrogen) atoms. The Morgan fingerprint density at radius 1 is 1.45 bits per heavy atom. The van der Waals surface area contributed by atoms with Crippen LogP contribution in [0.15, 0.2) is 12.7 Å². The van der Waals surface area contributed by atoms with E-state index < -0.39 is 24.5 Å². The molecule has 5 unspecified atom stereocenters. The predicted octanol–water partition coefficient (Wildman–Crippen LogP) is 0.137. The van der Waals surface area contributed by atoms with E-state index in [1.165, 1.54) is 6.33 Å². The zero-order chi connectivity index (χ0) is 15.7. The number of thiol groups is 1. The van der Waals surface area contributed by atoms with E-state index in [1.54, 1.807) is 18.0 Å². The molecule has 0 aromatic carbocycles. The van der Waals surface area contributed by atoms with Gasteiger partial charge in [-0.2, -0.15) is 0 Å². The minimum absolute atomic E-state index is 0.0433. The topological polar surface area (TPSA) is 118 Å². The third kappa shape index (κ3) is 2.55. The quantitative estimate of drug-likeness (QED) is 0.517. The molecule has 2 aromatic rings. The van der Waals surface area contributed by atoms with Crippen LogP contribution < -0.4 is 5.73 Å². The lowest BCUT2D eigenvalue weighted by atomic mass is 10.1. The van der Waals surface area contributed by atoms with Crippen molar-refractivity contribution in [3.63, 3.8) is 0 Å². The molecular formula is C11H16N5O4PS. The minimum atomic E-state index is -0.545. The van der Waals surface area contributed by atoms with Crippen molar-refractivity contribution in [1.29, 1.82) is 0 Å². The number of anilines is 1. The van der Waals surface area contributed by atoms with Crippen LogP contribution >= 0.6 is 20.3 Å². The predicted molar refractivity (Wildman–Crippen MR) is 83.7 cm³/mol. The zero-order valence-corrected chi connectivity index (χ0v) is 13.6. The Morgan fingerprint density at radius 3 is 2.95 bits per heavy atom. The van der Waals surface area contributed by atoms with Gasteiger partial charge in [0.1, 0.15) is 30.2 Å². The van der Waals surface area contributed by atoms with Crippen LogP contribution in [0.3, 0.4) is 0 Å². The number of rotatable bonds is 5. The summed E-state index contributed by atoms with van der Waals surface area (Å²) >= 11 is 4.09. The Hall–Kier alpha value is -1.03. The van der Waals surface area contributed by atoms with E-state index in [0.717, 1.165) is 0 Å². The number of ether oxygens (including phenoxy) is 2. The summed E-state index contributed by atoms with van der Waals surface area (Å²) in [6.07, 6.45) is 0.978. The maximum atomic E-state index is 9.50. The van der Waals surface area contributed by atoms with Crippen molar-refractivity contribution in [3.8, 4) is 0 Å². The highest BCUT2D eigenvalue weighted by Crippen LogP contribution is 2.38. The van der Waals surface area contributed by atoms with Gasteiger partial charge >= 0.3 is 0 Å². The molecule has 0 bridgehead atoms. The van der Waals surface area contributed by atoms with Crippen molar-refractivity contribution in [2.24, 2.45) is 0 Å². The fraction of sp³-hybridized carbons (Fsp3) is 0.545. The number of imidazole rings is 1. The molecule has 11 heteroatoms. The van der Waals surface area contributed by atoms with Crippen LogP contribution in [0.5, 0.6) is 0 Å². The molecule has 9 nitrogen and oxygen atoms in total. The Balaban J connectivity index is 2.00. The molecular weight excluding hydrogens is 329 g/mol. The van der Waals surface area contributed by atoms with Crippen LogP contribution in [-0.2, 0) is 14.0 Å². The normalized spacial score (nSPS) is 29.0. The van der Waals surface area contributed by atoms with E-state index >= 15 is 0 Å². The smallest absolute Gasteiger partial charge is 0.167 e. The molecule has 1 aliphatic rings. The second kappa shape index (κ2) is 6.61. The van der Waals surface area contributed by atoms with Gasteiger partial charge in [-0.1, -0.05) is 0 Å². The van der Waals surface area contributed by atoms with E-state index in [4.69, 9.17) is 19.7 Å². The van der Waals surface area contributed by atoms with E-state index in [2.05, 4.69) is 27.2 Å². The summed E-state index contributed by atoms with van der Waals surface area (Å²) in [7, 11) is 1.51. The van der Waals surface area contributed by atoms with Gasteiger partial charge in [0, 0.05) is 7.11 Å². The second-order valence-corrected chi connectivity index (χ2v) is 5.67. The molecule has 0 radical (unpaired) electrons. The lowest BCUT2D eigenvalue weighted by Crippen LogP contribution is -2.35. The van der Waals surface area contributed by atoms with E-state index in [-0.39, 0.29) is 14.6 Å². The van der Waals surface area contributed by atoms with E-state index in [1.807, 2.05) is 0 Å². The van der Waals surface area contributed by atoms with Gasteiger partial charge in [-0.3, -0.25) is 4.57 Å². The van der Waals surface area contributed by atoms with Crippen molar-refractivity contribution in [2.75, 3.05) is 19.5 Å². The number of nitrogen functional groups attached to an aromatic ring is 1. The highest BCUT2D eigenvalue weighted by molar-refractivity contribution is 8.36. The molecule has 5 atom stereocenters. The molecule has 3 rings (SSSR count). The third-order valence-corrected chi connectivity index (χ3v) is 4.28. The maximum absolute atomic E-state index is 9.50. The van der Waals surface area contributed by atoms with Crippen LogP contribution in [-0.4, -0.2) is 56.7 Å². The van der Waals surface area contributed by atoms with Crippen LogP contribution in [0, 0.1) is 0 Å². The number of nitrogens with two attached hydrogens (primary N) is 1. The molecule has 120 valence electrons. The van der Waals surface area contributed by atoms with Gasteiger partial charge in [0.15, 0.2) is 17.7 Å². The summed E-state index contributed by atoms with van der Waals surface area (Å²) in [5.74, 6) is 0.291. The highest BCUT2D eigenvalue weighted by atomic mass is 32.7. The van der Waals surface area contributed by atoms with Gasteiger partial charge in [0.05, 0.1) is 20.9 Å². The number of nitrogens with zero attached hydrogens (tertiary/aromatic N) is 4. The van der Waals surface area contributed by atoms with Gasteiger partial charge < -0.3 is 24.8 Å². The van der Waals surface area contributed by atoms with Gasteiger partial charge in [-0.05, 0) is 0 Å². The van der Waals surface area contributed by atoms with Crippen LogP contribution in [0.4, 0.5) is 5.82 Å². The van der Waals surface area contributed by atoms with Crippen molar-refractivity contribution >= 4 is 37.2 Å². The number of hydrogen-bond donors (Lipinski definition) is 3. The number of aliphatic hydroxyl groups excluding tert-OH is 1. The molecule has 1 aliphatic heterocycles. The van der Waals surface area contributed by atoms with E-state index in [0.29, 0.717) is 17.0 Å². The molecule has 0 aliphatic carbocycles. The molecule has 3 N–H and O–H groups in total. The summed E-state index contributed by atoms with van der Waals surface area (Å²) in [5, 5.41) is 9.50. The van der Waals surface area contributed by atoms with Crippen LogP contribution in [0.1, 0.15) is 6.23 Å². The molecule has 1 fully saturated rings. The first kappa shape index (κ1) is 15.9. The van der Waals surface area contributed by atoms with Gasteiger partial charge in [0.2, 0.25) is 0 Å². The average Bonchev–Trinajstić information content (AvgIpc) is 3.09. The Kier molecular flexibility index (Phi) is 4.76. The third-order valence-electron chi connectivity index (χ3n) is 3.59. The zero-order valence-electron chi connectivity index (χ0n) is 11.7. The summed E-state index contributed by atoms with van der Waals surface area (Å²) < 4.78 is 18.6. The standard InChI is InChI=1S/C11H16N5O4PS/c1-18-8-7(20-21-22)5(2-17)19-11(8)16-4-15-6-9(12)13-3-14-10(6)16/h3-5,7-8,11,17,21-22H,2H2,1H3,(H2,12,13,14). The van der Waals surface area contributed by atoms with Crippen LogP contribution in [0.25, 0.3) is 11.2 Å². The molecule has 2 aromatic heterocycles. The molecule has 0 spiro atoms. The van der Waals surface area contributed by atoms with Crippen molar-refractivity contribution in [1.82, 2.24) is 19.5 Å². The second-order valence-electron chi connectivity index (χ2n) is 4.70. The Morgan fingerprint density at radius 2 is 2.27 bits per heavy atom. The first-order valence-corrected chi connectivity index (χ1v) is 8.67. The highest BCUT2D eigenvalue weighted by Gasteiger charge is 2.47. The SMILES string of the molecule is COC1C(OPS)C(CO)OC1n1cnc2c(N)ncnc21. The Labute approximate surface area is 133 Å². The largest absolute Gasteiger partial charge is 0.394 e. The fourth-order valence-electron chi connectivity index (χ4n) is 2.59. The molecule has 0 saturated carbocycles. The number of fused-ring (bicyclic) bond motifs is 1. The molecule has 0 amide bonds. The lowest BCUT2D eigenvalue weighted by Gasteiger charge is -2.22. The van der Waals surface area contributed by atoms with Crippen molar-refractivity contribution < 1.29 is 19.1 Å². The summed E-state index contributed by atoms with van der Waals surface area (Å²) in [6.45, 7) is -0.191. The average molecular weight is 345 g/mol. The van der Waals surface area contributed by atoms with Crippen molar-refractivity contribution in [2.45, 2.75) is 24.5 Å². The summed E-state index contributed by atoms with van der Waals surface area (Å²) in [6, 6.07) is 0. The Bertz CT molecular complexity index is 658. The number of methoxy groups -OCH3 is 1. The van der Waals surface area contributed by atoms with Gasteiger partial charge in [-0.15, -0.1) is 12.2 Å². The van der Waals surface area contributed by atoms with Gasteiger partial charge in [0.25, 0.3) is 0 Å². The number of aromatic nitrogens is 4. The minimum Gasteiger partial charge on any atom is -0.394 e. The monoisotopic (exact) mass is 345 g/mol. The molecule has 1 saturated heterocycles. The van der Waals surface area contributed by atoms with Crippen molar-refractivity contribution in [3.05, 3.63) is 12.7 Å². The van der Waals surface area contributed by atoms with Gasteiger partial charge in [-0.25, -0.2) is 15.0 Å². The first-order valence-electron chi connectivity index (χ1n) is 6.48. The summed E-state index contributed by atoms with van der Waals surface area (Å²) in [5.41, 5.74) is 6.81. The lowest BCUT2D eigenvalue weighted by molar-refractivity contribution is -0.0583. The summed E-state index contributed by atoms with van der Waals surface area (Å²) in [4.78, 5) is 12.3. The van der Waals surface area contributed by atoms with E-state index in [9.17, 15) is 5.11 Å². The maximum Gasteiger partial charge on any atom is 0.167 e. The fourth-order valence-corrected chi connectivity index (χ4v) is 3.36. The molecule has 3 heterocycles. The van der Waals surface area contributed by atoms with Crippen LogP contribution in [0.2, 0.25) is 0 Å².